The van der Waals surface area contributed by atoms with Gasteiger partial charge in [-0.05, 0) is 62.6 Å². The number of carbonyl (C=O) groups is 1. The average molecular weight is 559 g/mol. The van der Waals surface area contributed by atoms with Gasteiger partial charge in [0.1, 0.15) is 11.6 Å². The molecule has 2 saturated heterocycles. The van der Waals surface area contributed by atoms with Crippen molar-refractivity contribution in [1.82, 2.24) is 14.9 Å². The molecule has 40 heavy (non-hydrogen) atoms. The lowest BCUT2D eigenvalue weighted by atomic mass is 10.0. The molecule has 0 unspecified atom stereocenters. The van der Waals surface area contributed by atoms with E-state index in [1.54, 1.807) is 24.8 Å². The number of rotatable bonds is 6. The Morgan fingerprint density at radius 2 is 1.75 bits per heavy atom. The van der Waals surface area contributed by atoms with Crippen LogP contribution in [0, 0.1) is 6.92 Å². The van der Waals surface area contributed by atoms with Gasteiger partial charge < -0.3 is 30.7 Å². The summed E-state index contributed by atoms with van der Waals surface area (Å²) in [6, 6.07) is 6.71. The molecule has 2 aliphatic rings. The average Bonchev–Trinajstić information content (AvgIpc) is 2.93. The molecule has 2 fully saturated rings. The third-order valence-electron chi connectivity index (χ3n) is 7.21. The maximum Gasteiger partial charge on any atom is 0.416 e. The minimum absolute atomic E-state index is 0.0245. The van der Waals surface area contributed by atoms with Crippen molar-refractivity contribution in [3.8, 4) is 0 Å². The predicted octanol–water partition coefficient (Wildman–Crippen LogP) is 4.78. The van der Waals surface area contributed by atoms with Crippen molar-refractivity contribution in [1.29, 1.82) is 0 Å². The van der Waals surface area contributed by atoms with E-state index in [-0.39, 0.29) is 17.6 Å². The zero-order chi connectivity index (χ0) is 28.4. The zero-order valence-corrected chi connectivity index (χ0v) is 22.5. The summed E-state index contributed by atoms with van der Waals surface area (Å²) in [5.74, 6) is 0.797. The molecule has 12 heteroatoms. The summed E-state index contributed by atoms with van der Waals surface area (Å²) in [6.45, 7) is 6.70. The number of hydrogen-bond donors (Lipinski definition) is 3. The number of nitrogens with one attached hydrogen (secondary N) is 2. The third-order valence-corrected chi connectivity index (χ3v) is 7.21. The normalized spacial score (nSPS) is 17.6. The van der Waals surface area contributed by atoms with Crippen LogP contribution >= 0.6 is 0 Å². The third kappa shape index (κ3) is 6.23. The molecule has 1 atom stereocenters. The Balaban J connectivity index is 1.54. The summed E-state index contributed by atoms with van der Waals surface area (Å²) in [6.07, 6.45) is -2.92. The first kappa shape index (κ1) is 27.9. The Morgan fingerprint density at radius 3 is 2.45 bits per heavy atom. The molecular formula is C28H33F3N6O3. The number of amides is 1. The van der Waals surface area contributed by atoms with E-state index < -0.39 is 17.8 Å². The fourth-order valence-corrected chi connectivity index (χ4v) is 5.08. The highest BCUT2D eigenvalue weighted by Gasteiger charge is 2.31. The Morgan fingerprint density at radius 1 is 1.05 bits per heavy atom. The zero-order valence-electron chi connectivity index (χ0n) is 22.5. The Labute approximate surface area is 230 Å². The molecule has 3 aromatic rings. The monoisotopic (exact) mass is 558 g/mol. The molecule has 2 aromatic carbocycles. The fourth-order valence-electron chi connectivity index (χ4n) is 5.08. The first-order valence-corrected chi connectivity index (χ1v) is 13.4. The van der Waals surface area contributed by atoms with E-state index in [0.717, 1.165) is 25.0 Å². The van der Waals surface area contributed by atoms with Gasteiger partial charge in [0.15, 0.2) is 0 Å². The molecule has 0 spiro atoms. The van der Waals surface area contributed by atoms with Crippen LogP contribution in [0.15, 0.2) is 30.3 Å². The largest absolute Gasteiger partial charge is 0.416 e. The highest BCUT2D eigenvalue weighted by atomic mass is 19.4. The van der Waals surface area contributed by atoms with Crippen LogP contribution in [-0.4, -0.2) is 66.3 Å². The number of ether oxygens (including phenoxy) is 2. The topological polar surface area (TPSA) is 115 Å². The number of morpholine rings is 1. The first-order chi connectivity index (χ1) is 19.1. The molecule has 214 valence electrons. The molecule has 1 amide bonds. The second-order valence-electron chi connectivity index (χ2n) is 10.2. The van der Waals surface area contributed by atoms with E-state index in [1.807, 2.05) is 6.07 Å². The standard InChI is InChI=1S/C28H33F3N6O3/c1-16(18-11-19(28(29,30)31)13-20(32)12-18)33-26-22-14-25(36-21-3-7-39-8-4-21)23(15-24(22)34-17(2)35-26)27(38)37-5-9-40-10-6-37/h11-16,21,36H,3-10,32H2,1-2H3,(H,33,34,35)/t16-/m1/s1. The van der Waals surface area contributed by atoms with Gasteiger partial charge in [-0.15, -0.1) is 0 Å². The molecule has 3 heterocycles. The van der Waals surface area contributed by atoms with Gasteiger partial charge in [0.2, 0.25) is 0 Å². The van der Waals surface area contributed by atoms with Gasteiger partial charge in [-0.2, -0.15) is 13.2 Å². The lowest BCUT2D eigenvalue weighted by molar-refractivity contribution is -0.137. The van der Waals surface area contributed by atoms with E-state index in [0.29, 0.717) is 78.9 Å². The van der Waals surface area contributed by atoms with Crippen LogP contribution < -0.4 is 16.4 Å². The molecule has 0 aliphatic carbocycles. The van der Waals surface area contributed by atoms with Crippen LogP contribution in [0.2, 0.25) is 0 Å². The van der Waals surface area contributed by atoms with Crippen molar-refractivity contribution < 1.29 is 27.4 Å². The van der Waals surface area contributed by atoms with Crippen LogP contribution in [0.1, 0.15) is 53.1 Å². The number of aromatic nitrogens is 2. The Kier molecular flexibility index (Phi) is 7.99. The van der Waals surface area contributed by atoms with Gasteiger partial charge in [0.25, 0.3) is 5.91 Å². The molecule has 5 rings (SSSR count). The highest BCUT2D eigenvalue weighted by Crippen LogP contribution is 2.35. The molecule has 0 bridgehead atoms. The van der Waals surface area contributed by atoms with E-state index in [4.69, 9.17) is 15.2 Å². The van der Waals surface area contributed by atoms with Gasteiger partial charge in [-0.25, -0.2) is 9.97 Å². The summed E-state index contributed by atoms with van der Waals surface area (Å²) >= 11 is 0. The maximum absolute atomic E-state index is 13.6. The lowest BCUT2D eigenvalue weighted by Gasteiger charge is -2.29. The summed E-state index contributed by atoms with van der Waals surface area (Å²) in [5.41, 5.74) is 7.10. The fraction of sp³-hybridized carbons (Fsp3) is 0.464. The second kappa shape index (κ2) is 11.5. The minimum Gasteiger partial charge on any atom is -0.399 e. The molecular weight excluding hydrogens is 525 g/mol. The number of alkyl halides is 3. The van der Waals surface area contributed by atoms with Gasteiger partial charge in [-0.1, -0.05) is 0 Å². The quantitative estimate of drug-likeness (QED) is 0.371. The number of nitrogens with two attached hydrogens (primary N) is 1. The van der Waals surface area contributed by atoms with Crippen molar-refractivity contribution in [2.24, 2.45) is 0 Å². The van der Waals surface area contributed by atoms with E-state index in [2.05, 4.69) is 20.6 Å². The van der Waals surface area contributed by atoms with Crippen molar-refractivity contribution in [2.75, 3.05) is 55.9 Å². The van der Waals surface area contributed by atoms with Gasteiger partial charge in [0.05, 0.1) is 35.9 Å². The number of carbonyl (C=O) groups excluding carboxylic acids is 1. The van der Waals surface area contributed by atoms with Crippen LogP contribution in [-0.2, 0) is 15.7 Å². The van der Waals surface area contributed by atoms with Gasteiger partial charge in [-0.3, -0.25) is 4.79 Å². The molecule has 1 aromatic heterocycles. The molecule has 0 radical (unpaired) electrons. The van der Waals surface area contributed by atoms with Crippen LogP contribution in [0.3, 0.4) is 0 Å². The first-order valence-electron chi connectivity index (χ1n) is 13.4. The minimum atomic E-state index is -4.52. The van der Waals surface area contributed by atoms with Crippen molar-refractivity contribution in [2.45, 2.75) is 44.9 Å². The Hall–Kier alpha value is -3.64. The second-order valence-corrected chi connectivity index (χ2v) is 10.2. The summed E-state index contributed by atoms with van der Waals surface area (Å²) in [4.78, 5) is 24.6. The number of nitrogen functional groups attached to an aromatic ring is 1. The SMILES string of the molecule is Cc1nc(N[C@H](C)c2cc(N)cc(C(F)(F)F)c2)c2cc(NC3CCOCC3)c(C(=O)N3CCOCC3)cc2n1. The highest BCUT2D eigenvalue weighted by molar-refractivity contribution is 6.05. The van der Waals surface area contributed by atoms with Gasteiger partial charge >= 0.3 is 6.18 Å². The number of halogens is 3. The maximum atomic E-state index is 13.6. The smallest absolute Gasteiger partial charge is 0.399 e. The number of benzene rings is 2. The van der Waals surface area contributed by atoms with E-state index >= 15 is 0 Å². The number of fused-ring (bicyclic) bond motifs is 1. The van der Waals surface area contributed by atoms with Crippen molar-refractivity contribution in [3.05, 3.63) is 52.8 Å². The van der Waals surface area contributed by atoms with Crippen molar-refractivity contribution >= 4 is 34.0 Å². The molecule has 9 nitrogen and oxygen atoms in total. The van der Waals surface area contributed by atoms with E-state index in [9.17, 15) is 18.0 Å². The molecule has 4 N–H and O–H groups in total. The number of nitrogens with zero attached hydrogens (tertiary/aromatic N) is 3. The Bertz CT molecular complexity index is 1390. The van der Waals surface area contributed by atoms with E-state index in [1.165, 1.54) is 6.07 Å². The summed E-state index contributed by atoms with van der Waals surface area (Å²) in [7, 11) is 0. The van der Waals surface area contributed by atoms with Crippen LogP contribution in [0.4, 0.5) is 30.4 Å². The molecule has 2 aliphatic heterocycles. The van der Waals surface area contributed by atoms with Crippen LogP contribution in [0.25, 0.3) is 10.9 Å². The number of aryl methyl sites for hydroxylation is 1. The van der Waals surface area contributed by atoms with Crippen LogP contribution in [0.5, 0.6) is 0 Å². The number of hydrogen-bond acceptors (Lipinski definition) is 8. The summed E-state index contributed by atoms with van der Waals surface area (Å²) < 4.78 is 51.2. The molecule has 0 saturated carbocycles. The van der Waals surface area contributed by atoms with Crippen molar-refractivity contribution in [3.63, 3.8) is 0 Å². The summed E-state index contributed by atoms with van der Waals surface area (Å²) in [5, 5.41) is 7.44. The predicted molar refractivity (Wildman–Crippen MR) is 146 cm³/mol. The number of anilines is 3. The lowest BCUT2D eigenvalue weighted by Crippen LogP contribution is -2.41. The van der Waals surface area contributed by atoms with Gasteiger partial charge in [0, 0.05) is 49.1 Å².